The maximum Gasteiger partial charge on any atom is 0.218 e. The summed E-state index contributed by atoms with van der Waals surface area (Å²) in [6, 6.07) is 0. The second-order valence-electron chi connectivity index (χ2n) is 0.606. The van der Waals surface area contributed by atoms with Crippen molar-refractivity contribution in [2.24, 2.45) is 5.73 Å². The van der Waals surface area contributed by atoms with Crippen molar-refractivity contribution in [3.05, 3.63) is 0 Å². The Morgan fingerprint density at radius 1 is 1.86 bits per heavy atom. The van der Waals surface area contributed by atoms with E-state index in [9.17, 15) is 4.79 Å². The standard InChI is InChI=1S/C2H3ClO.CH3NO/c1-2(3)4;2-1-3/h1H3;1H,(H2,2,3). The summed E-state index contributed by atoms with van der Waals surface area (Å²) in [5.74, 6) is 0. The summed E-state index contributed by atoms with van der Waals surface area (Å²) in [6.45, 7) is 1.29. The molecule has 3 nitrogen and oxygen atoms in total. The molecule has 0 aromatic heterocycles. The smallest absolute Gasteiger partial charge is 0.218 e. The molecule has 0 aliphatic heterocycles. The van der Waals surface area contributed by atoms with Crippen LogP contribution in [0.2, 0.25) is 0 Å². The molecule has 0 radical (unpaired) electrons. The fourth-order valence-corrected chi connectivity index (χ4v) is 0. The first-order chi connectivity index (χ1) is 3.15. The Bertz CT molecular complexity index is 60.0. The van der Waals surface area contributed by atoms with Gasteiger partial charge in [-0.25, -0.2) is 0 Å². The molecule has 0 aromatic rings. The first-order valence-electron chi connectivity index (χ1n) is 1.46. The summed E-state index contributed by atoms with van der Waals surface area (Å²) in [4.78, 5) is 17.8. The first-order valence-corrected chi connectivity index (χ1v) is 1.84. The summed E-state index contributed by atoms with van der Waals surface area (Å²) in [6.07, 6.45) is 0.250. The van der Waals surface area contributed by atoms with Crippen LogP contribution in [-0.4, -0.2) is 11.7 Å². The summed E-state index contributed by atoms with van der Waals surface area (Å²) < 4.78 is 0. The highest BCUT2D eigenvalue weighted by atomic mass is 35.5. The number of halogens is 1. The van der Waals surface area contributed by atoms with Gasteiger partial charge in [-0.1, -0.05) is 0 Å². The van der Waals surface area contributed by atoms with E-state index in [1.54, 1.807) is 0 Å². The number of hydrogen-bond donors (Lipinski definition) is 1. The topological polar surface area (TPSA) is 60.2 Å². The van der Waals surface area contributed by atoms with E-state index in [0.717, 1.165) is 0 Å². The molecule has 0 atom stereocenters. The van der Waals surface area contributed by atoms with Crippen molar-refractivity contribution >= 4 is 23.3 Å². The average Bonchev–Trinajstić information content (AvgIpc) is 1.33. The Hall–Kier alpha value is -0.570. The van der Waals surface area contributed by atoms with Crippen LogP contribution in [-0.2, 0) is 9.59 Å². The molecule has 2 N–H and O–H groups in total. The van der Waals surface area contributed by atoms with Gasteiger partial charge in [0.25, 0.3) is 0 Å². The summed E-state index contributed by atoms with van der Waals surface area (Å²) in [7, 11) is 0. The Morgan fingerprint density at radius 3 is 1.86 bits per heavy atom. The van der Waals surface area contributed by atoms with Gasteiger partial charge in [-0.05, 0) is 11.6 Å². The highest BCUT2D eigenvalue weighted by Crippen LogP contribution is 1.67. The minimum absolute atomic E-state index is 0.250. The molecule has 0 aromatic carbocycles. The molecule has 0 saturated carbocycles. The van der Waals surface area contributed by atoms with Crippen molar-refractivity contribution in [3.8, 4) is 0 Å². The van der Waals surface area contributed by atoms with Crippen LogP contribution in [0.25, 0.3) is 0 Å². The van der Waals surface area contributed by atoms with Gasteiger partial charge in [0.05, 0.1) is 0 Å². The normalized spacial score (nSPS) is 5.43. The maximum absolute atomic E-state index is 9.21. The Morgan fingerprint density at radius 2 is 1.86 bits per heavy atom. The minimum Gasteiger partial charge on any atom is -0.372 e. The van der Waals surface area contributed by atoms with Gasteiger partial charge < -0.3 is 5.73 Å². The zero-order chi connectivity index (χ0) is 6.28. The lowest BCUT2D eigenvalue weighted by atomic mass is 10.9. The molecule has 7 heavy (non-hydrogen) atoms. The van der Waals surface area contributed by atoms with Crippen LogP contribution in [0.5, 0.6) is 0 Å². The van der Waals surface area contributed by atoms with Gasteiger partial charge in [-0.3, -0.25) is 9.59 Å². The van der Waals surface area contributed by atoms with Crippen LogP contribution in [0.3, 0.4) is 0 Å². The van der Waals surface area contributed by atoms with Gasteiger partial charge in [0.15, 0.2) is 0 Å². The van der Waals surface area contributed by atoms with Gasteiger partial charge >= 0.3 is 0 Å². The van der Waals surface area contributed by atoms with Crippen LogP contribution in [0.4, 0.5) is 0 Å². The van der Waals surface area contributed by atoms with Crippen LogP contribution in [0.1, 0.15) is 6.92 Å². The molecule has 0 bridgehead atoms. The number of amides is 1. The molecular weight excluding hydrogens is 117 g/mol. The number of nitrogens with two attached hydrogens (primary N) is 1. The first kappa shape index (κ1) is 9.66. The third-order valence-electron chi connectivity index (χ3n) is 0. The molecule has 42 valence electrons. The fraction of sp³-hybridized carbons (Fsp3) is 0.333. The van der Waals surface area contributed by atoms with E-state index in [1.165, 1.54) is 6.92 Å². The zero-order valence-corrected chi connectivity index (χ0v) is 4.61. The zero-order valence-electron chi connectivity index (χ0n) is 3.85. The SMILES string of the molecule is CC(=O)Cl.NC=O. The van der Waals surface area contributed by atoms with Crippen molar-refractivity contribution in [1.82, 2.24) is 0 Å². The van der Waals surface area contributed by atoms with Gasteiger partial charge in [0, 0.05) is 6.92 Å². The number of primary amides is 1. The Kier molecular flexibility index (Phi) is 12.5. The summed E-state index contributed by atoms with van der Waals surface area (Å²) in [5, 5.41) is -0.361. The molecule has 0 fully saturated rings. The van der Waals surface area contributed by atoms with Gasteiger partial charge in [-0.15, -0.1) is 0 Å². The average molecular weight is 124 g/mol. The van der Waals surface area contributed by atoms with E-state index in [-0.39, 0.29) is 11.7 Å². The lowest BCUT2D eigenvalue weighted by molar-refractivity contribution is -0.110. The van der Waals surface area contributed by atoms with E-state index in [0.29, 0.717) is 0 Å². The molecule has 4 heteroatoms. The highest BCUT2D eigenvalue weighted by Gasteiger charge is 1.67. The molecule has 0 heterocycles. The maximum atomic E-state index is 9.21. The van der Waals surface area contributed by atoms with Gasteiger partial charge in [-0.2, -0.15) is 0 Å². The van der Waals surface area contributed by atoms with Crippen molar-refractivity contribution in [2.75, 3.05) is 0 Å². The molecule has 0 aliphatic carbocycles. The quantitative estimate of drug-likeness (QED) is 0.360. The van der Waals surface area contributed by atoms with Crippen LogP contribution >= 0.6 is 11.6 Å². The molecule has 0 rings (SSSR count). The molecule has 0 saturated heterocycles. The molecule has 0 aliphatic rings. The van der Waals surface area contributed by atoms with Crippen LogP contribution in [0, 0.1) is 0 Å². The van der Waals surface area contributed by atoms with Crippen molar-refractivity contribution in [2.45, 2.75) is 6.92 Å². The van der Waals surface area contributed by atoms with E-state index in [1.807, 2.05) is 0 Å². The Labute approximate surface area is 46.4 Å². The predicted molar refractivity (Wildman–Crippen MR) is 26.8 cm³/mol. The predicted octanol–water partition coefficient (Wildman–Crippen LogP) is -0.127. The Balaban J connectivity index is 0. The number of rotatable bonds is 0. The second-order valence-corrected chi connectivity index (χ2v) is 1.14. The van der Waals surface area contributed by atoms with Crippen molar-refractivity contribution < 1.29 is 9.59 Å². The summed E-state index contributed by atoms with van der Waals surface area (Å²) in [5.41, 5.74) is 4.17. The van der Waals surface area contributed by atoms with E-state index in [2.05, 4.69) is 17.3 Å². The number of carbonyl (C=O) groups is 2. The van der Waals surface area contributed by atoms with E-state index in [4.69, 9.17) is 4.79 Å². The number of carbonyl (C=O) groups excluding carboxylic acids is 2. The van der Waals surface area contributed by atoms with E-state index >= 15 is 0 Å². The van der Waals surface area contributed by atoms with Gasteiger partial charge in [0.1, 0.15) is 0 Å². The third kappa shape index (κ3) is 197. The minimum atomic E-state index is -0.361. The lowest BCUT2D eigenvalue weighted by Crippen LogP contribution is -1.82. The lowest BCUT2D eigenvalue weighted by Gasteiger charge is -1.52. The van der Waals surface area contributed by atoms with Gasteiger partial charge in [0.2, 0.25) is 11.7 Å². The third-order valence-corrected chi connectivity index (χ3v) is 0. The molecular formula is C3H6ClNO2. The molecule has 0 spiro atoms. The second kappa shape index (κ2) is 9.06. The molecule has 1 amide bonds. The summed E-state index contributed by atoms with van der Waals surface area (Å²) >= 11 is 4.64. The fourth-order valence-electron chi connectivity index (χ4n) is 0. The van der Waals surface area contributed by atoms with E-state index < -0.39 is 0 Å². The van der Waals surface area contributed by atoms with Crippen LogP contribution < -0.4 is 5.73 Å². The monoisotopic (exact) mass is 123 g/mol. The largest absolute Gasteiger partial charge is 0.372 e. The molecule has 0 unspecified atom stereocenters. The van der Waals surface area contributed by atoms with Crippen molar-refractivity contribution in [1.29, 1.82) is 0 Å². The highest BCUT2D eigenvalue weighted by molar-refractivity contribution is 6.62. The number of hydrogen-bond acceptors (Lipinski definition) is 2. The van der Waals surface area contributed by atoms with Crippen molar-refractivity contribution in [3.63, 3.8) is 0 Å². The van der Waals surface area contributed by atoms with Crippen LogP contribution in [0.15, 0.2) is 0 Å².